The summed E-state index contributed by atoms with van der Waals surface area (Å²) >= 11 is 0. The van der Waals surface area contributed by atoms with E-state index in [1.807, 2.05) is 6.07 Å². The van der Waals surface area contributed by atoms with Crippen LogP contribution in [0.5, 0.6) is 0 Å². The molecule has 2 aromatic carbocycles. The van der Waals surface area contributed by atoms with Crippen molar-refractivity contribution >= 4 is 11.4 Å². The number of nitrogens with two attached hydrogens (primary N) is 1. The molecule has 0 spiro atoms. The van der Waals surface area contributed by atoms with Crippen LogP contribution in [0.4, 0.5) is 4.39 Å². The molecular weight excluding hydrogens is 295 g/mol. The van der Waals surface area contributed by atoms with E-state index in [4.69, 9.17) is 11.3 Å². The first-order chi connectivity index (χ1) is 11.2. The second-order valence-electron chi connectivity index (χ2n) is 4.76. The van der Waals surface area contributed by atoms with Gasteiger partial charge < -0.3 is 5.73 Å². The summed E-state index contributed by atoms with van der Waals surface area (Å²) in [5.41, 5.74) is 16.5. The third-order valence-electron chi connectivity index (χ3n) is 3.23. The van der Waals surface area contributed by atoms with Gasteiger partial charge >= 0.3 is 0 Å². The summed E-state index contributed by atoms with van der Waals surface area (Å²) in [4.78, 5) is 14.5. The fourth-order valence-corrected chi connectivity index (χ4v) is 2.22. The molecule has 2 rings (SSSR count). The lowest BCUT2D eigenvalue weighted by Crippen LogP contribution is -2.04. The number of benzene rings is 2. The highest BCUT2D eigenvalue weighted by Crippen LogP contribution is 2.24. The topological polar surface area (TPSA) is 91.9 Å². The van der Waals surface area contributed by atoms with Gasteiger partial charge in [0.15, 0.2) is 5.78 Å². The Kier molecular flexibility index (Phi) is 5.63. The van der Waals surface area contributed by atoms with Crippen LogP contribution in [0, 0.1) is 5.82 Å². The number of nitrogens with zero attached hydrogens (tertiary/aromatic N) is 3. The van der Waals surface area contributed by atoms with E-state index >= 15 is 0 Å². The molecule has 2 aromatic rings. The van der Waals surface area contributed by atoms with Crippen molar-refractivity contribution in [2.24, 2.45) is 10.8 Å². The monoisotopic (exact) mass is 310 g/mol. The number of halogens is 1. The van der Waals surface area contributed by atoms with Crippen molar-refractivity contribution in [2.45, 2.75) is 0 Å². The Hall–Kier alpha value is -2.95. The van der Waals surface area contributed by atoms with Gasteiger partial charge in [-0.1, -0.05) is 41.5 Å². The zero-order valence-electron chi connectivity index (χ0n) is 12.3. The number of Topliss-reactive ketones (excluding diaryl/α,β-unsaturated/α-hetero) is 1. The van der Waals surface area contributed by atoms with E-state index in [2.05, 4.69) is 10.0 Å². The van der Waals surface area contributed by atoms with Crippen LogP contribution in [0.1, 0.15) is 21.5 Å². The van der Waals surface area contributed by atoms with Crippen LogP contribution < -0.4 is 5.73 Å². The summed E-state index contributed by atoms with van der Waals surface area (Å²) in [7, 11) is 0. The molecule has 0 fully saturated rings. The van der Waals surface area contributed by atoms with Crippen molar-refractivity contribution < 1.29 is 9.18 Å². The lowest BCUT2D eigenvalue weighted by atomic mass is 9.95. The predicted molar refractivity (Wildman–Crippen MR) is 87.3 cm³/mol. The second kappa shape index (κ2) is 7.89. The molecular formula is C17H15FN4O. The SMILES string of the molecule is [N-]=[N+]=NCC(=O)c1cccc(/C(=C\CN)c2cccc(F)c2)c1. The first kappa shape index (κ1) is 16.4. The molecule has 0 aliphatic carbocycles. The molecule has 116 valence electrons. The highest BCUT2D eigenvalue weighted by Gasteiger charge is 2.10. The largest absolute Gasteiger partial charge is 0.327 e. The van der Waals surface area contributed by atoms with E-state index in [1.165, 1.54) is 12.1 Å². The molecule has 0 radical (unpaired) electrons. The Morgan fingerprint density at radius 2 is 1.83 bits per heavy atom. The van der Waals surface area contributed by atoms with Gasteiger partial charge in [0.05, 0.1) is 6.54 Å². The van der Waals surface area contributed by atoms with Crippen molar-refractivity contribution in [3.63, 3.8) is 0 Å². The minimum Gasteiger partial charge on any atom is -0.327 e. The van der Waals surface area contributed by atoms with E-state index < -0.39 is 0 Å². The van der Waals surface area contributed by atoms with Gasteiger partial charge in [0.2, 0.25) is 0 Å². The maximum Gasteiger partial charge on any atom is 0.168 e. The summed E-state index contributed by atoms with van der Waals surface area (Å²) in [5.74, 6) is -0.628. The number of ketones is 1. The molecule has 0 aromatic heterocycles. The smallest absolute Gasteiger partial charge is 0.168 e. The summed E-state index contributed by atoms with van der Waals surface area (Å²) < 4.78 is 13.5. The Labute approximate surface area is 132 Å². The average molecular weight is 310 g/mol. The van der Waals surface area contributed by atoms with Crippen LogP contribution in [0.2, 0.25) is 0 Å². The van der Waals surface area contributed by atoms with Crippen molar-refractivity contribution in [3.8, 4) is 0 Å². The number of azide groups is 1. The van der Waals surface area contributed by atoms with Crippen LogP contribution >= 0.6 is 0 Å². The van der Waals surface area contributed by atoms with Gasteiger partial charge in [-0.05, 0) is 40.4 Å². The van der Waals surface area contributed by atoms with E-state index in [0.717, 1.165) is 11.1 Å². The Bertz CT molecular complexity index is 795. The molecule has 5 nitrogen and oxygen atoms in total. The fourth-order valence-electron chi connectivity index (χ4n) is 2.22. The number of carbonyl (C=O) groups excluding carboxylic acids is 1. The lowest BCUT2D eigenvalue weighted by molar-refractivity contribution is 0.100. The Morgan fingerprint density at radius 3 is 2.48 bits per heavy atom. The lowest BCUT2D eigenvalue weighted by Gasteiger charge is -2.10. The minimum atomic E-state index is -0.346. The third-order valence-corrected chi connectivity index (χ3v) is 3.23. The molecule has 0 unspecified atom stereocenters. The van der Waals surface area contributed by atoms with Crippen LogP contribution in [0.25, 0.3) is 16.0 Å². The third kappa shape index (κ3) is 4.26. The van der Waals surface area contributed by atoms with E-state index in [1.54, 1.807) is 36.4 Å². The van der Waals surface area contributed by atoms with Crippen molar-refractivity contribution in [1.29, 1.82) is 0 Å². The van der Waals surface area contributed by atoms with E-state index in [9.17, 15) is 9.18 Å². The zero-order valence-corrected chi connectivity index (χ0v) is 12.3. The molecule has 0 aliphatic heterocycles. The van der Waals surface area contributed by atoms with Crippen molar-refractivity contribution in [3.05, 3.63) is 87.6 Å². The fraction of sp³-hybridized carbons (Fsp3) is 0.118. The molecule has 0 aliphatic rings. The first-order valence-corrected chi connectivity index (χ1v) is 6.96. The standard InChI is InChI=1S/C17H15FN4O/c18-15-6-2-4-13(10-15)16(7-8-19)12-3-1-5-14(9-12)17(23)11-21-22-20/h1-7,9-10H,8,11,19H2/b16-7+. The number of hydrogen-bond donors (Lipinski definition) is 1. The highest BCUT2D eigenvalue weighted by molar-refractivity contribution is 5.98. The molecule has 2 N–H and O–H groups in total. The van der Waals surface area contributed by atoms with Crippen molar-refractivity contribution in [1.82, 2.24) is 0 Å². The molecule has 23 heavy (non-hydrogen) atoms. The molecule has 0 saturated heterocycles. The summed E-state index contributed by atoms with van der Waals surface area (Å²) in [6.07, 6.45) is 1.77. The van der Waals surface area contributed by atoms with Crippen LogP contribution in [0.3, 0.4) is 0 Å². The quantitative estimate of drug-likeness (QED) is 0.381. The first-order valence-electron chi connectivity index (χ1n) is 6.96. The zero-order chi connectivity index (χ0) is 16.7. The minimum absolute atomic E-state index is 0.240. The number of carbonyl (C=O) groups is 1. The van der Waals surface area contributed by atoms with Gasteiger partial charge in [-0.2, -0.15) is 0 Å². The van der Waals surface area contributed by atoms with Gasteiger partial charge in [0.1, 0.15) is 5.82 Å². The number of hydrogen-bond acceptors (Lipinski definition) is 3. The molecule has 0 heterocycles. The van der Waals surface area contributed by atoms with E-state index in [0.29, 0.717) is 11.1 Å². The predicted octanol–water partition coefficient (Wildman–Crippen LogP) is 3.71. The normalized spacial score (nSPS) is 11.0. The van der Waals surface area contributed by atoms with Gasteiger partial charge in [0.25, 0.3) is 0 Å². The molecule has 0 bridgehead atoms. The molecule has 6 heteroatoms. The summed E-state index contributed by atoms with van der Waals surface area (Å²) in [5, 5.41) is 3.28. The van der Waals surface area contributed by atoms with Gasteiger partial charge in [-0.15, -0.1) is 0 Å². The second-order valence-corrected chi connectivity index (χ2v) is 4.76. The molecule has 0 amide bonds. The van der Waals surface area contributed by atoms with Crippen LogP contribution in [-0.2, 0) is 0 Å². The van der Waals surface area contributed by atoms with Gasteiger partial charge in [0, 0.05) is 17.0 Å². The molecule has 0 atom stereocenters. The highest BCUT2D eigenvalue weighted by atomic mass is 19.1. The van der Waals surface area contributed by atoms with E-state index in [-0.39, 0.29) is 24.7 Å². The Balaban J connectivity index is 2.43. The van der Waals surface area contributed by atoms with Crippen LogP contribution in [0.15, 0.2) is 59.7 Å². The van der Waals surface area contributed by atoms with Gasteiger partial charge in [-0.25, -0.2) is 4.39 Å². The maximum absolute atomic E-state index is 13.5. The molecule has 0 saturated carbocycles. The van der Waals surface area contributed by atoms with Crippen LogP contribution in [-0.4, -0.2) is 18.9 Å². The Morgan fingerprint density at radius 1 is 1.17 bits per heavy atom. The van der Waals surface area contributed by atoms with Gasteiger partial charge in [-0.3, -0.25) is 4.79 Å². The number of rotatable bonds is 6. The maximum atomic E-state index is 13.5. The van der Waals surface area contributed by atoms with Crippen molar-refractivity contribution in [2.75, 3.05) is 13.1 Å². The summed E-state index contributed by atoms with van der Waals surface area (Å²) in [6.45, 7) is 0.0403. The average Bonchev–Trinajstić information content (AvgIpc) is 2.57. The summed E-state index contributed by atoms with van der Waals surface area (Å²) in [6, 6.07) is 13.0.